The van der Waals surface area contributed by atoms with E-state index in [1.165, 1.54) is 12.0 Å². The fourth-order valence-corrected chi connectivity index (χ4v) is 3.94. The van der Waals surface area contributed by atoms with Crippen LogP contribution >= 0.6 is 0 Å². The van der Waals surface area contributed by atoms with Gasteiger partial charge in [-0.1, -0.05) is 32.1 Å². The molecular formula is C19H22N2O3. The quantitative estimate of drug-likeness (QED) is 0.686. The molecule has 1 aliphatic heterocycles. The van der Waals surface area contributed by atoms with E-state index in [1.807, 2.05) is 18.2 Å². The zero-order valence-electron chi connectivity index (χ0n) is 14.0. The van der Waals surface area contributed by atoms with Gasteiger partial charge in [0.2, 0.25) is 6.10 Å². The topological polar surface area (TPSA) is 59.9 Å². The van der Waals surface area contributed by atoms with Crippen molar-refractivity contribution in [2.75, 3.05) is 6.61 Å². The van der Waals surface area contributed by atoms with Gasteiger partial charge >= 0.3 is 0 Å². The van der Waals surface area contributed by atoms with Crippen LogP contribution < -0.4 is 14.9 Å². The third-order valence-corrected chi connectivity index (χ3v) is 5.70. The van der Waals surface area contributed by atoms with Crippen molar-refractivity contribution in [3.05, 3.63) is 35.9 Å². The smallest absolute Gasteiger partial charge is 0.284 e. The van der Waals surface area contributed by atoms with E-state index in [-0.39, 0.29) is 12.5 Å². The Kier molecular flexibility index (Phi) is 3.59. The Labute approximate surface area is 141 Å². The predicted molar refractivity (Wildman–Crippen MR) is 91.1 cm³/mol. The summed E-state index contributed by atoms with van der Waals surface area (Å²) in [7, 11) is 0. The summed E-state index contributed by atoms with van der Waals surface area (Å²) >= 11 is 0. The number of hydrogen-bond acceptors (Lipinski definition) is 4. The number of benzene rings is 1. The lowest BCUT2D eigenvalue weighted by Crippen LogP contribution is -2.48. The molecule has 0 aromatic heterocycles. The first-order chi connectivity index (χ1) is 11.6. The second-order valence-corrected chi connectivity index (χ2v) is 7.34. The van der Waals surface area contributed by atoms with Gasteiger partial charge in [-0.3, -0.25) is 4.79 Å². The Hall–Kier alpha value is -2.30. The molecular weight excluding hydrogens is 304 g/mol. The maximum Gasteiger partial charge on any atom is 0.284 e. The Morgan fingerprint density at radius 3 is 2.88 bits per heavy atom. The van der Waals surface area contributed by atoms with Crippen molar-refractivity contribution in [1.29, 1.82) is 0 Å². The van der Waals surface area contributed by atoms with Gasteiger partial charge in [0.05, 0.1) is 6.21 Å². The standard InChI is InChI=1S/C19H22N2O3/c1-19(2)13-8-7-12(14(19)9-13)10-20-21-18(22)17-11-23-15-5-3-4-6-16(15)24-17/h3-7,10,13-14,17H,8-9,11H2,1-2H3,(H,21,22)/b20-10-/t13-,14+,17-/m0/s1. The first-order valence-electron chi connectivity index (χ1n) is 8.47. The van der Waals surface area contributed by atoms with E-state index in [0.29, 0.717) is 22.8 Å². The third-order valence-electron chi connectivity index (χ3n) is 5.70. The molecule has 0 radical (unpaired) electrons. The third kappa shape index (κ3) is 2.48. The fraction of sp³-hybridized carbons (Fsp3) is 0.474. The number of ether oxygens (including phenoxy) is 2. The molecule has 5 rings (SSSR count). The maximum atomic E-state index is 12.2. The van der Waals surface area contributed by atoms with Crippen LogP contribution in [0.5, 0.6) is 11.5 Å². The number of carbonyl (C=O) groups is 1. The minimum atomic E-state index is -0.679. The van der Waals surface area contributed by atoms with Gasteiger partial charge in [-0.25, -0.2) is 5.43 Å². The van der Waals surface area contributed by atoms with E-state index in [2.05, 4.69) is 30.5 Å². The number of amides is 1. The van der Waals surface area contributed by atoms with Gasteiger partial charge in [0.1, 0.15) is 6.61 Å². The van der Waals surface area contributed by atoms with Crippen molar-refractivity contribution in [2.24, 2.45) is 22.4 Å². The number of rotatable bonds is 3. The minimum absolute atomic E-state index is 0.193. The number of carbonyl (C=O) groups excluding carboxylic acids is 1. The summed E-state index contributed by atoms with van der Waals surface area (Å²) in [4.78, 5) is 12.2. The number of hydrazone groups is 1. The SMILES string of the molecule is CC1(C)[C@H]2CC=C(/C=N\NC(=O)[C@@H]3COc4ccccc4O3)[C@H]1C2. The lowest BCUT2D eigenvalue weighted by Gasteiger charge is -2.55. The second kappa shape index (κ2) is 5.65. The molecule has 1 fully saturated rings. The lowest BCUT2D eigenvalue weighted by molar-refractivity contribution is -0.130. The van der Waals surface area contributed by atoms with E-state index < -0.39 is 6.10 Å². The minimum Gasteiger partial charge on any atom is -0.485 e. The highest BCUT2D eigenvalue weighted by atomic mass is 16.6. The van der Waals surface area contributed by atoms with Crippen LogP contribution in [0.3, 0.4) is 0 Å². The van der Waals surface area contributed by atoms with Gasteiger partial charge in [-0.2, -0.15) is 5.10 Å². The molecule has 3 atom stereocenters. The summed E-state index contributed by atoms with van der Waals surface area (Å²) in [6.45, 7) is 4.82. The summed E-state index contributed by atoms with van der Waals surface area (Å²) in [5, 5.41) is 4.14. The van der Waals surface area contributed by atoms with Gasteiger partial charge in [-0.05, 0) is 47.8 Å². The lowest BCUT2D eigenvalue weighted by atomic mass is 9.49. The average Bonchev–Trinajstić information content (AvgIpc) is 2.61. The molecule has 0 saturated heterocycles. The maximum absolute atomic E-state index is 12.2. The van der Waals surface area contributed by atoms with Crippen molar-refractivity contribution in [1.82, 2.24) is 5.43 Å². The number of nitrogens with one attached hydrogen (secondary N) is 1. The van der Waals surface area contributed by atoms with Crippen LogP contribution in [-0.4, -0.2) is 24.8 Å². The van der Waals surface area contributed by atoms with Crippen LogP contribution in [0.25, 0.3) is 0 Å². The monoisotopic (exact) mass is 326 g/mol. The highest BCUT2D eigenvalue weighted by molar-refractivity contribution is 5.85. The molecule has 126 valence electrons. The number of allylic oxidation sites excluding steroid dienone is 2. The molecule has 1 aromatic carbocycles. The molecule has 1 amide bonds. The van der Waals surface area contributed by atoms with Gasteiger partial charge in [0.25, 0.3) is 5.91 Å². The second-order valence-electron chi connectivity index (χ2n) is 7.34. The van der Waals surface area contributed by atoms with E-state index in [0.717, 1.165) is 12.3 Å². The fourth-order valence-electron chi connectivity index (χ4n) is 3.94. The summed E-state index contributed by atoms with van der Waals surface area (Å²) < 4.78 is 11.2. The van der Waals surface area contributed by atoms with E-state index in [1.54, 1.807) is 12.3 Å². The van der Waals surface area contributed by atoms with Gasteiger partial charge in [0, 0.05) is 0 Å². The summed E-state index contributed by atoms with van der Waals surface area (Å²) in [5.41, 5.74) is 4.16. The molecule has 0 spiro atoms. The number of nitrogens with zero attached hydrogens (tertiary/aromatic N) is 1. The molecule has 0 unspecified atom stereocenters. The van der Waals surface area contributed by atoms with Crippen LogP contribution in [-0.2, 0) is 4.79 Å². The molecule has 1 N–H and O–H groups in total. The molecule has 2 bridgehead atoms. The normalized spacial score (nSPS) is 29.6. The van der Waals surface area contributed by atoms with E-state index >= 15 is 0 Å². The van der Waals surface area contributed by atoms with E-state index in [9.17, 15) is 4.79 Å². The summed E-state index contributed by atoms with van der Waals surface area (Å²) in [5.74, 6) is 2.31. The van der Waals surface area contributed by atoms with Crippen molar-refractivity contribution in [3.8, 4) is 11.5 Å². The van der Waals surface area contributed by atoms with Gasteiger partial charge < -0.3 is 9.47 Å². The van der Waals surface area contributed by atoms with Crippen LogP contribution in [0.2, 0.25) is 0 Å². The van der Waals surface area contributed by atoms with Crippen molar-refractivity contribution < 1.29 is 14.3 Å². The zero-order valence-corrected chi connectivity index (χ0v) is 14.0. The molecule has 1 heterocycles. The van der Waals surface area contributed by atoms with Crippen LogP contribution in [0.4, 0.5) is 0 Å². The summed E-state index contributed by atoms with van der Waals surface area (Å²) in [6, 6.07) is 7.34. The highest BCUT2D eigenvalue weighted by Crippen LogP contribution is 2.58. The molecule has 4 aliphatic rings. The van der Waals surface area contributed by atoms with Crippen molar-refractivity contribution in [3.63, 3.8) is 0 Å². The van der Waals surface area contributed by atoms with E-state index in [4.69, 9.17) is 9.47 Å². The Morgan fingerprint density at radius 1 is 1.33 bits per heavy atom. The van der Waals surface area contributed by atoms with Gasteiger partial charge in [-0.15, -0.1) is 0 Å². The number of hydrogen-bond donors (Lipinski definition) is 1. The molecule has 5 nitrogen and oxygen atoms in total. The number of fused-ring (bicyclic) bond motifs is 2. The highest BCUT2D eigenvalue weighted by Gasteiger charge is 2.50. The molecule has 5 heteroatoms. The Morgan fingerprint density at radius 2 is 2.12 bits per heavy atom. The Bertz CT molecular complexity index is 723. The van der Waals surface area contributed by atoms with Gasteiger partial charge in [0.15, 0.2) is 11.5 Å². The van der Waals surface area contributed by atoms with Crippen molar-refractivity contribution in [2.45, 2.75) is 32.8 Å². The first-order valence-corrected chi connectivity index (χ1v) is 8.47. The Balaban J connectivity index is 1.35. The average molecular weight is 326 g/mol. The van der Waals surface area contributed by atoms with Crippen molar-refractivity contribution >= 4 is 12.1 Å². The summed E-state index contributed by atoms with van der Waals surface area (Å²) in [6.07, 6.45) is 5.69. The molecule has 1 aromatic rings. The van der Waals surface area contributed by atoms with Crippen LogP contribution in [0.15, 0.2) is 41.0 Å². The number of para-hydroxylation sites is 2. The molecule has 1 saturated carbocycles. The zero-order chi connectivity index (χ0) is 16.7. The largest absolute Gasteiger partial charge is 0.485 e. The molecule has 24 heavy (non-hydrogen) atoms. The molecule has 3 aliphatic carbocycles. The van der Waals surface area contributed by atoms with Crippen LogP contribution in [0.1, 0.15) is 26.7 Å². The predicted octanol–water partition coefficient (Wildman–Crippen LogP) is 2.92. The first kappa shape index (κ1) is 15.2. The van der Waals surface area contributed by atoms with Crippen LogP contribution in [0, 0.1) is 17.3 Å².